The number of rotatable bonds is 7. The van der Waals surface area contributed by atoms with Gasteiger partial charge in [-0.1, -0.05) is 17.7 Å². The fourth-order valence-electron chi connectivity index (χ4n) is 3.03. The number of nitro benzene ring substituents is 1. The number of non-ortho nitro benzene ring substituents is 1. The van der Waals surface area contributed by atoms with Crippen molar-refractivity contribution in [2.24, 2.45) is 5.92 Å². The summed E-state index contributed by atoms with van der Waals surface area (Å²) in [5.41, 5.74) is -0.0673. The lowest BCUT2D eigenvalue weighted by molar-refractivity contribution is -0.384. The molecule has 0 aliphatic carbocycles. The molecule has 166 valence electrons. The zero-order valence-corrected chi connectivity index (χ0v) is 18.4. The Morgan fingerprint density at radius 3 is 2.58 bits per heavy atom. The zero-order chi connectivity index (χ0) is 22.6. The van der Waals surface area contributed by atoms with Gasteiger partial charge in [0.1, 0.15) is 4.21 Å². The average molecular weight is 488 g/mol. The Morgan fingerprint density at radius 1 is 1.29 bits per heavy atom. The molecule has 1 aliphatic heterocycles. The third-order valence-electron chi connectivity index (χ3n) is 4.66. The second-order valence-electron chi connectivity index (χ2n) is 6.69. The predicted molar refractivity (Wildman–Crippen MR) is 113 cm³/mol. The van der Waals surface area contributed by atoms with Crippen molar-refractivity contribution in [1.82, 2.24) is 4.31 Å². The lowest BCUT2D eigenvalue weighted by Crippen LogP contribution is -2.40. The summed E-state index contributed by atoms with van der Waals surface area (Å²) >= 11 is 7.05. The van der Waals surface area contributed by atoms with Crippen LogP contribution in [0.25, 0.3) is 0 Å². The molecule has 0 unspecified atom stereocenters. The number of benzene rings is 1. The van der Waals surface area contributed by atoms with E-state index in [0.717, 1.165) is 17.4 Å². The van der Waals surface area contributed by atoms with Crippen LogP contribution in [-0.4, -0.2) is 49.2 Å². The lowest BCUT2D eigenvalue weighted by atomic mass is 9.98. The molecule has 0 saturated carbocycles. The maximum absolute atomic E-state index is 12.5. The van der Waals surface area contributed by atoms with Gasteiger partial charge < -0.3 is 10.1 Å². The van der Waals surface area contributed by atoms with E-state index in [9.17, 15) is 28.1 Å². The van der Waals surface area contributed by atoms with Gasteiger partial charge in [0.2, 0.25) is 0 Å². The number of ether oxygens (including phenoxy) is 1. The lowest BCUT2D eigenvalue weighted by Gasteiger charge is -2.29. The molecule has 0 spiro atoms. The number of nitrogens with zero attached hydrogens (tertiary/aromatic N) is 2. The number of hydrogen-bond acceptors (Lipinski definition) is 8. The van der Waals surface area contributed by atoms with E-state index >= 15 is 0 Å². The van der Waals surface area contributed by atoms with Crippen molar-refractivity contribution in [3.05, 3.63) is 50.8 Å². The first-order chi connectivity index (χ1) is 14.7. The topological polar surface area (TPSA) is 136 Å². The minimum Gasteiger partial charge on any atom is -0.455 e. The summed E-state index contributed by atoms with van der Waals surface area (Å²) in [4.78, 5) is 34.4. The van der Waals surface area contributed by atoms with Gasteiger partial charge in [0, 0.05) is 25.2 Å². The number of nitrogens with one attached hydrogen (secondary N) is 1. The Bertz CT molecular complexity index is 1080. The Hall–Kier alpha value is -2.54. The molecule has 1 aromatic heterocycles. The molecule has 0 radical (unpaired) electrons. The molecular weight excluding hydrogens is 470 g/mol. The predicted octanol–water partition coefficient (Wildman–Crippen LogP) is 2.89. The number of piperidine rings is 1. The first-order valence-electron chi connectivity index (χ1n) is 9.12. The van der Waals surface area contributed by atoms with Gasteiger partial charge in [0.15, 0.2) is 6.61 Å². The number of esters is 1. The van der Waals surface area contributed by atoms with Crippen LogP contribution in [0.1, 0.15) is 12.8 Å². The zero-order valence-electron chi connectivity index (χ0n) is 16.0. The Kier molecular flexibility index (Phi) is 7.26. The van der Waals surface area contributed by atoms with Crippen molar-refractivity contribution in [3.8, 4) is 0 Å². The van der Waals surface area contributed by atoms with Gasteiger partial charge in [-0.05, 0) is 30.4 Å². The van der Waals surface area contributed by atoms with Gasteiger partial charge >= 0.3 is 5.97 Å². The first kappa shape index (κ1) is 23.1. The van der Waals surface area contributed by atoms with Gasteiger partial charge in [-0.3, -0.25) is 19.7 Å². The van der Waals surface area contributed by atoms with E-state index in [1.54, 1.807) is 11.4 Å². The highest BCUT2D eigenvalue weighted by Gasteiger charge is 2.33. The summed E-state index contributed by atoms with van der Waals surface area (Å²) in [6.07, 6.45) is 0.582. The molecule has 1 saturated heterocycles. The highest BCUT2D eigenvalue weighted by Crippen LogP contribution is 2.28. The number of nitro groups is 1. The molecule has 31 heavy (non-hydrogen) atoms. The molecular formula is C18H18ClN3O7S2. The van der Waals surface area contributed by atoms with Crippen LogP contribution >= 0.6 is 22.9 Å². The summed E-state index contributed by atoms with van der Waals surface area (Å²) in [6.45, 7) is -0.185. The molecule has 0 atom stereocenters. The van der Waals surface area contributed by atoms with Gasteiger partial charge in [-0.25, -0.2) is 8.42 Å². The van der Waals surface area contributed by atoms with Crippen molar-refractivity contribution in [2.45, 2.75) is 17.1 Å². The number of hydrogen-bond donors (Lipinski definition) is 1. The fraction of sp³-hybridized carbons (Fsp3) is 0.333. The summed E-state index contributed by atoms with van der Waals surface area (Å²) in [5, 5.41) is 14.8. The van der Waals surface area contributed by atoms with Crippen LogP contribution in [0.2, 0.25) is 5.02 Å². The Morgan fingerprint density at radius 2 is 2.00 bits per heavy atom. The number of sulfonamides is 1. The Balaban J connectivity index is 1.47. The number of carbonyl (C=O) groups excluding carboxylic acids is 2. The monoisotopic (exact) mass is 487 g/mol. The minimum absolute atomic E-state index is 0.0202. The third kappa shape index (κ3) is 5.58. The number of amides is 1. The van der Waals surface area contributed by atoms with Crippen LogP contribution in [0.15, 0.2) is 39.9 Å². The molecule has 3 rings (SSSR count). The fourth-order valence-corrected chi connectivity index (χ4v) is 5.87. The van der Waals surface area contributed by atoms with Gasteiger partial charge in [-0.2, -0.15) is 4.31 Å². The van der Waals surface area contributed by atoms with Gasteiger partial charge in [-0.15, -0.1) is 11.3 Å². The largest absolute Gasteiger partial charge is 0.455 e. The van der Waals surface area contributed by atoms with Crippen molar-refractivity contribution in [1.29, 1.82) is 0 Å². The van der Waals surface area contributed by atoms with Crippen LogP contribution < -0.4 is 5.32 Å². The van der Waals surface area contributed by atoms with E-state index in [0.29, 0.717) is 12.8 Å². The van der Waals surface area contributed by atoms with Crippen LogP contribution in [-0.2, 0) is 24.3 Å². The molecule has 13 heteroatoms. The third-order valence-corrected chi connectivity index (χ3v) is 8.24. The molecule has 1 amide bonds. The van der Waals surface area contributed by atoms with E-state index in [-0.39, 0.29) is 33.7 Å². The SMILES string of the molecule is O=C(COC(=O)C1CCN(S(=O)(=O)c2cccs2)CC1)Nc1ccc([N+](=O)[O-])cc1Cl. The van der Waals surface area contributed by atoms with Crippen molar-refractivity contribution in [3.63, 3.8) is 0 Å². The highest BCUT2D eigenvalue weighted by molar-refractivity contribution is 7.91. The summed E-state index contributed by atoms with van der Waals surface area (Å²) in [5.74, 6) is -1.74. The van der Waals surface area contributed by atoms with Gasteiger partial charge in [0.05, 0.1) is 21.6 Å². The quantitative estimate of drug-likeness (QED) is 0.360. The normalized spacial score (nSPS) is 15.4. The maximum atomic E-state index is 12.5. The molecule has 0 bridgehead atoms. The van der Waals surface area contributed by atoms with E-state index in [1.165, 1.54) is 22.5 Å². The standard InChI is InChI=1S/C18H18ClN3O7S2/c19-14-10-13(22(25)26)3-4-15(14)20-16(23)11-29-18(24)12-5-7-21(8-6-12)31(27,28)17-2-1-9-30-17/h1-4,9-10,12H,5-8,11H2,(H,20,23). The van der Waals surface area contributed by atoms with Crippen molar-refractivity contribution in [2.75, 3.05) is 25.0 Å². The molecule has 1 aliphatic rings. The summed E-state index contributed by atoms with van der Waals surface area (Å²) in [6, 6.07) is 6.77. The highest BCUT2D eigenvalue weighted by atomic mass is 35.5. The Labute approximate surface area is 187 Å². The van der Waals surface area contributed by atoms with Gasteiger partial charge in [0.25, 0.3) is 21.6 Å². The molecule has 2 aromatic rings. The van der Waals surface area contributed by atoms with E-state index < -0.39 is 39.3 Å². The van der Waals surface area contributed by atoms with E-state index in [2.05, 4.69) is 5.32 Å². The second-order valence-corrected chi connectivity index (χ2v) is 10.2. The smallest absolute Gasteiger partial charge is 0.309 e. The number of thiophene rings is 1. The van der Waals surface area contributed by atoms with Crippen molar-refractivity contribution >= 4 is 56.2 Å². The average Bonchev–Trinajstić information content (AvgIpc) is 3.29. The van der Waals surface area contributed by atoms with Crippen LogP contribution in [0, 0.1) is 16.0 Å². The van der Waals surface area contributed by atoms with Crippen LogP contribution in [0.3, 0.4) is 0 Å². The number of halogens is 1. The molecule has 1 fully saturated rings. The molecule has 1 N–H and O–H groups in total. The molecule has 1 aromatic carbocycles. The second kappa shape index (κ2) is 9.73. The summed E-state index contributed by atoms with van der Waals surface area (Å²) in [7, 11) is -3.56. The van der Waals surface area contributed by atoms with Crippen LogP contribution in [0.5, 0.6) is 0 Å². The molecule has 10 nitrogen and oxygen atoms in total. The van der Waals surface area contributed by atoms with E-state index in [4.69, 9.17) is 16.3 Å². The maximum Gasteiger partial charge on any atom is 0.309 e. The van der Waals surface area contributed by atoms with Crippen LogP contribution in [0.4, 0.5) is 11.4 Å². The minimum atomic E-state index is -3.56. The number of anilines is 1. The number of carbonyl (C=O) groups is 2. The summed E-state index contributed by atoms with van der Waals surface area (Å²) < 4.78 is 31.7. The first-order valence-corrected chi connectivity index (χ1v) is 11.8. The van der Waals surface area contributed by atoms with Crippen molar-refractivity contribution < 1.29 is 27.7 Å². The molecule has 2 heterocycles. The van der Waals surface area contributed by atoms with E-state index in [1.807, 2.05) is 0 Å².